The molecule has 0 saturated carbocycles. The summed E-state index contributed by atoms with van der Waals surface area (Å²) in [7, 11) is 1.96. The molecule has 0 fully saturated rings. The number of nitrogens with zero attached hydrogens (tertiary/aromatic N) is 4. The number of hydrogen-bond donors (Lipinski definition) is 1. The number of rotatable bonds is 3. The van der Waals surface area contributed by atoms with Gasteiger partial charge in [0.15, 0.2) is 0 Å². The van der Waals surface area contributed by atoms with E-state index in [9.17, 15) is 4.79 Å². The van der Waals surface area contributed by atoms with E-state index in [1.54, 1.807) is 6.33 Å². The minimum Gasteiger partial charge on any atom is -0.340 e. The van der Waals surface area contributed by atoms with Crippen molar-refractivity contribution in [3.8, 4) is 11.4 Å². The van der Waals surface area contributed by atoms with E-state index in [1.807, 2.05) is 48.1 Å². The Hall–Kier alpha value is -2.73. The van der Waals surface area contributed by atoms with Crippen molar-refractivity contribution in [3.05, 3.63) is 70.2 Å². The van der Waals surface area contributed by atoms with Gasteiger partial charge in [-0.1, -0.05) is 30.3 Å². The van der Waals surface area contributed by atoms with E-state index in [2.05, 4.69) is 19.9 Å². The molecule has 3 aromatic rings. The summed E-state index contributed by atoms with van der Waals surface area (Å²) in [5, 5.41) is 0. The van der Waals surface area contributed by atoms with Gasteiger partial charge in [-0.25, -0.2) is 9.97 Å². The summed E-state index contributed by atoms with van der Waals surface area (Å²) in [6.45, 7) is 2.25. The number of aromatic amines is 1. The Morgan fingerprint density at radius 1 is 1.25 bits per heavy atom. The van der Waals surface area contributed by atoms with Crippen LogP contribution in [-0.2, 0) is 26.6 Å². The van der Waals surface area contributed by atoms with Crippen molar-refractivity contribution in [2.45, 2.75) is 19.5 Å². The van der Waals surface area contributed by atoms with Gasteiger partial charge in [-0.05, 0) is 0 Å². The fourth-order valence-corrected chi connectivity index (χ4v) is 3.13. The maximum absolute atomic E-state index is 12.5. The zero-order valence-corrected chi connectivity index (χ0v) is 13.6. The van der Waals surface area contributed by atoms with Crippen LogP contribution in [0.3, 0.4) is 0 Å². The molecule has 0 atom stereocenters. The number of nitrogens with one attached hydrogen (secondary N) is 1. The normalized spacial score (nSPS) is 14.5. The minimum absolute atomic E-state index is 0.0374. The van der Waals surface area contributed by atoms with E-state index >= 15 is 0 Å². The van der Waals surface area contributed by atoms with Gasteiger partial charge in [0.1, 0.15) is 5.82 Å². The van der Waals surface area contributed by atoms with Crippen molar-refractivity contribution in [2.75, 3.05) is 6.54 Å². The fourth-order valence-electron chi connectivity index (χ4n) is 3.13. The first-order valence-corrected chi connectivity index (χ1v) is 8.06. The molecule has 1 N–H and O–H groups in total. The lowest BCUT2D eigenvalue weighted by molar-refractivity contribution is 0.239. The highest BCUT2D eigenvalue weighted by molar-refractivity contribution is 5.54. The van der Waals surface area contributed by atoms with Crippen LogP contribution in [0.1, 0.15) is 17.0 Å². The van der Waals surface area contributed by atoms with E-state index in [4.69, 9.17) is 0 Å². The molecule has 0 aliphatic carbocycles. The summed E-state index contributed by atoms with van der Waals surface area (Å²) in [6, 6.07) is 9.77. The Morgan fingerprint density at radius 3 is 2.83 bits per heavy atom. The Balaban J connectivity index is 1.59. The number of fused-ring (bicyclic) bond motifs is 1. The zero-order chi connectivity index (χ0) is 16.5. The van der Waals surface area contributed by atoms with Crippen molar-refractivity contribution < 1.29 is 0 Å². The second kappa shape index (κ2) is 6.05. The smallest absolute Gasteiger partial charge is 0.255 e. The first-order valence-electron chi connectivity index (χ1n) is 8.06. The molecule has 1 aliphatic heterocycles. The second-order valence-electron chi connectivity index (χ2n) is 6.20. The van der Waals surface area contributed by atoms with Crippen molar-refractivity contribution in [2.24, 2.45) is 7.05 Å². The highest BCUT2D eigenvalue weighted by Crippen LogP contribution is 2.19. The Morgan fingerprint density at radius 2 is 2.08 bits per heavy atom. The van der Waals surface area contributed by atoms with E-state index in [-0.39, 0.29) is 5.56 Å². The summed E-state index contributed by atoms with van der Waals surface area (Å²) in [5.74, 6) is 0.650. The molecule has 0 radical (unpaired) electrons. The predicted octanol–water partition coefficient (Wildman–Crippen LogP) is 1.73. The summed E-state index contributed by atoms with van der Waals surface area (Å²) >= 11 is 0. The molecule has 1 aromatic carbocycles. The molecule has 2 aromatic heterocycles. The molecule has 0 spiro atoms. The molecule has 6 heteroatoms. The van der Waals surface area contributed by atoms with Crippen LogP contribution in [0.4, 0.5) is 0 Å². The van der Waals surface area contributed by atoms with Crippen LogP contribution >= 0.6 is 0 Å². The maximum atomic E-state index is 12.5. The Labute approximate surface area is 139 Å². The van der Waals surface area contributed by atoms with Crippen LogP contribution in [0.2, 0.25) is 0 Å². The lowest BCUT2D eigenvalue weighted by Crippen LogP contribution is -2.35. The summed E-state index contributed by atoms with van der Waals surface area (Å²) in [5.41, 5.74) is 3.61. The first-order chi connectivity index (χ1) is 11.7. The van der Waals surface area contributed by atoms with Crippen LogP contribution < -0.4 is 5.56 Å². The molecular formula is C18H19N5O. The van der Waals surface area contributed by atoms with E-state index in [0.717, 1.165) is 42.0 Å². The van der Waals surface area contributed by atoms with Gasteiger partial charge in [0.2, 0.25) is 0 Å². The highest BCUT2D eigenvalue weighted by atomic mass is 16.1. The molecule has 6 nitrogen and oxygen atoms in total. The lowest BCUT2D eigenvalue weighted by Gasteiger charge is -2.27. The third-order valence-electron chi connectivity index (χ3n) is 4.34. The van der Waals surface area contributed by atoms with Gasteiger partial charge in [0, 0.05) is 44.9 Å². The molecule has 1 aliphatic rings. The lowest BCUT2D eigenvalue weighted by atomic mass is 10.1. The molecule has 0 bridgehead atoms. The van der Waals surface area contributed by atoms with Crippen LogP contribution in [0.15, 0.2) is 47.7 Å². The SMILES string of the molecule is Cn1cnc(CN2CCc3nc(-c4ccccc4)[nH]c(=O)c3C2)c1. The van der Waals surface area contributed by atoms with Gasteiger partial charge in [-0.15, -0.1) is 0 Å². The summed E-state index contributed by atoms with van der Waals surface area (Å²) in [4.78, 5) is 26.7. The van der Waals surface area contributed by atoms with E-state index in [1.165, 1.54) is 0 Å². The van der Waals surface area contributed by atoms with Crippen LogP contribution in [0.5, 0.6) is 0 Å². The van der Waals surface area contributed by atoms with Gasteiger partial charge in [0.05, 0.1) is 23.3 Å². The molecule has 4 rings (SSSR count). The van der Waals surface area contributed by atoms with Gasteiger partial charge >= 0.3 is 0 Å². The Bertz CT molecular complexity index is 913. The fraction of sp³-hybridized carbons (Fsp3) is 0.278. The van der Waals surface area contributed by atoms with E-state index < -0.39 is 0 Å². The largest absolute Gasteiger partial charge is 0.340 e. The summed E-state index contributed by atoms with van der Waals surface area (Å²) in [6.07, 6.45) is 4.59. The number of hydrogen-bond acceptors (Lipinski definition) is 4. The van der Waals surface area contributed by atoms with Crippen LogP contribution in [0.25, 0.3) is 11.4 Å². The standard InChI is InChI=1S/C18H19N5O/c1-22-9-14(19-12-22)10-23-8-7-16-15(11-23)18(24)21-17(20-16)13-5-3-2-4-6-13/h2-6,9,12H,7-8,10-11H2,1H3,(H,20,21,24). The van der Waals surface area contributed by atoms with Gasteiger partial charge < -0.3 is 9.55 Å². The predicted molar refractivity (Wildman–Crippen MR) is 91.3 cm³/mol. The average Bonchev–Trinajstić information content (AvgIpc) is 3.01. The van der Waals surface area contributed by atoms with Crippen LogP contribution in [-0.4, -0.2) is 31.0 Å². The summed E-state index contributed by atoms with van der Waals surface area (Å²) < 4.78 is 1.94. The molecular weight excluding hydrogens is 302 g/mol. The van der Waals surface area contributed by atoms with Crippen molar-refractivity contribution in [1.29, 1.82) is 0 Å². The number of imidazole rings is 1. The molecule has 3 heterocycles. The average molecular weight is 321 g/mol. The minimum atomic E-state index is -0.0374. The maximum Gasteiger partial charge on any atom is 0.255 e. The molecule has 24 heavy (non-hydrogen) atoms. The van der Waals surface area contributed by atoms with Gasteiger partial charge in [-0.2, -0.15) is 0 Å². The number of H-pyrrole nitrogens is 1. The van der Waals surface area contributed by atoms with Gasteiger partial charge in [0.25, 0.3) is 5.56 Å². The van der Waals surface area contributed by atoms with Crippen molar-refractivity contribution >= 4 is 0 Å². The topological polar surface area (TPSA) is 66.8 Å². The number of aromatic nitrogens is 4. The molecule has 0 unspecified atom stereocenters. The Kier molecular flexibility index (Phi) is 3.74. The number of aryl methyl sites for hydroxylation is 1. The molecule has 0 amide bonds. The zero-order valence-electron chi connectivity index (χ0n) is 13.6. The molecule has 0 saturated heterocycles. The van der Waals surface area contributed by atoms with E-state index in [0.29, 0.717) is 12.4 Å². The van der Waals surface area contributed by atoms with Gasteiger partial charge in [-0.3, -0.25) is 9.69 Å². The first kappa shape index (κ1) is 14.8. The van der Waals surface area contributed by atoms with Crippen molar-refractivity contribution in [1.82, 2.24) is 24.4 Å². The number of benzene rings is 1. The third-order valence-corrected chi connectivity index (χ3v) is 4.34. The quantitative estimate of drug-likeness (QED) is 0.798. The van der Waals surface area contributed by atoms with Crippen molar-refractivity contribution in [3.63, 3.8) is 0 Å². The molecule has 122 valence electrons. The monoisotopic (exact) mass is 321 g/mol. The van der Waals surface area contributed by atoms with Crippen LogP contribution in [0, 0.1) is 0 Å². The highest BCUT2D eigenvalue weighted by Gasteiger charge is 2.22. The second-order valence-corrected chi connectivity index (χ2v) is 6.20. The third kappa shape index (κ3) is 2.88.